The molecule has 0 aliphatic carbocycles. The van der Waals surface area contributed by atoms with Crippen molar-refractivity contribution in [3.8, 4) is 0 Å². The molecule has 0 fully saturated rings. The largest absolute Gasteiger partial charge is 0.481 e. The zero-order valence-corrected chi connectivity index (χ0v) is 12.1. The molecule has 22 heavy (non-hydrogen) atoms. The molecule has 0 spiro atoms. The Bertz CT molecular complexity index is 529. The van der Waals surface area contributed by atoms with Crippen LogP contribution in [0.25, 0.3) is 0 Å². The maximum absolute atomic E-state index is 12.4. The average Bonchev–Trinajstić information content (AvgIpc) is 2.43. The standard InChI is InChI=1S/C14H17F3N2O3/c1-9(12(20)21)8-19(2)13(22)18-7-10-3-5-11(6-4-10)14(15,16)17/h3-6,9H,7-8H2,1-2H3,(H,18,22)(H,20,21). The fourth-order valence-electron chi connectivity index (χ4n) is 1.70. The molecule has 1 unspecified atom stereocenters. The van der Waals surface area contributed by atoms with Gasteiger partial charge in [-0.3, -0.25) is 4.79 Å². The van der Waals surface area contributed by atoms with Gasteiger partial charge in [-0.05, 0) is 17.7 Å². The van der Waals surface area contributed by atoms with Crippen LogP contribution in [0.15, 0.2) is 24.3 Å². The Balaban J connectivity index is 2.52. The molecule has 122 valence electrons. The maximum atomic E-state index is 12.4. The first kappa shape index (κ1) is 17.8. The van der Waals surface area contributed by atoms with E-state index in [1.54, 1.807) is 0 Å². The SMILES string of the molecule is CC(CN(C)C(=O)NCc1ccc(C(F)(F)F)cc1)C(=O)O. The van der Waals surface area contributed by atoms with Crippen LogP contribution in [0.3, 0.4) is 0 Å². The van der Waals surface area contributed by atoms with Gasteiger partial charge in [-0.25, -0.2) is 4.79 Å². The number of carboxylic acids is 1. The maximum Gasteiger partial charge on any atom is 0.416 e. The quantitative estimate of drug-likeness (QED) is 0.876. The number of carbonyl (C=O) groups excluding carboxylic acids is 1. The summed E-state index contributed by atoms with van der Waals surface area (Å²) in [4.78, 5) is 23.7. The first-order valence-corrected chi connectivity index (χ1v) is 6.49. The molecule has 0 aliphatic heterocycles. The van der Waals surface area contributed by atoms with Gasteiger partial charge in [0.05, 0.1) is 11.5 Å². The van der Waals surface area contributed by atoms with Crippen LogP contribution in [-0.2, 0) is 17.5 Å². The van der Waals surface area contributed by atoms with E-state index in [9.17, 15) is 22.8 Å². The van der Waals surface area contributed by atoms with Crippen molar-refractivity contribution >= 4 is 12.0 Å². The lowest BCUT2D eigenvalue weighted by Gasteiger charge is -2.20. The third-order valence-electron chi connectivity index (χ3n) is 3.04. The van der Waals surface area contributed by atoms with E-state index in [4.69, 9.17) is 5.11 Å². The summed E-state index contributed by atoms with van der Waals surface area (Å²) >= 11 is 0. The smallest absolute Gasteiger partial charge is 0.416 e. The molecule has 1 rings (SSSR count). The third kappa shape index (κ3) is 5.27. The third-order valence-corrected chi connectivity index (χ3v) is 3.04. The van der Waals surface area contributed by atoms with Crippen LogP contribution in [-0.4, -0.2) is 35.6 Å². The van der Waals surface area contributed by atoms with Gasteiger partial charge in [-0.1, -0.05) is 19.1 Å². The second-order valence-electron chi connectivity index (χ2n) is 4.97. The Morgan fingerprint density at radius 1 is 1.27 bits per heavy atom. The van der Waals surface area contributed by atoms with Crippen LogP contribution in [0.5, 0.6) is 0 Å². The number of amides is 2. The molecule has 2 N–H and O–H groups in total. The zero-order chi connectivity index (χ0) is 16.9. The van der Waals surface area contributed by atoms with Crippen molar-refractivity contribution in [2.75, 3.05) is 13.6 Å². The molecule has 8 heteroatoms. The van der Waals surface area contributed by atoms with Crippen molar-refractivity contribution in [3.05, 3.63) is 35.4 Å². The lowest BCUT2D eigenvalue weighted by molar-refractivity contribution is -0.141. The summed E-state index contributed by atoms with van der Waals surface area (Å²) in [6.45, 7) is 1.57. The molecule has 1 atom stereocenters. The zero-order valence-electron chi connectivity index (χ0n) is 12.1. The van der Waals surface area contributed by atoms with E-state index in [1.807, 2.05) is 0 Å². The molecule has 5 nitrogen and oxygen atoms in total. The molecular formula is C14H17F3N2O3. The van der Waals surface area contributed by atoms with E-state index < -0.39 is 29.7 Å². The number of hydrogen-bond donors (Lipinski definition) is 2. The van der Waals surface area contributed by atoms with Gasteiger partial charge in [0, 0.05) is 20.1 Å². The summed E-state index contributed by atoms with van der Waals surface area (Å²) in [5.74, 6) is -1.72. The minimum Gasteiger partial charge on any atom is -0.481 e. The summed E-state index contributed by atoms with van der Waals surface area (Å²) in [6.07, 6.45) is -4.39. The highest BCUT2D eigenvalue weighted by molar-refractivity contribution is 5.75. The van der Waals surface area contributed by atoms with E-state index in [0.717, 1.165) is 12.1 Å². The Morgan fingerprint density at radius 3 is 2.27 bits per heavy atom. The van der Waals surface area contributed by atoms with Crippen LogP contribution in [0.2, 0.25) is 0 Å². The Morgan fingerprint density at radius 2 is 1.82 bits per heavy atom. The topological polar surface area (TPSA) is 69.6 Å². The normalized spacial score (nSPS) is 12.6. The highest BCUT2D eigenvalue weighted by Gasteiger charge is 2.29. The summed E-state index contributed by atoms with van der Waals surface area (Å²) < 4.78 is 37.2. The minimum absolute atomic E-state index is 0.0359. The predicted octanol–water partition coefficient (Wildman–Crippen LogP) is 2.57. The molecule has 0 bridgehead atoms. The van der Waals surface area contributed by atoms with Crippen molar-refractivity contribution in [3.63, 3.8) is 0 Å². The van der Waals surface area contributed by atoms with Crippen LogP contribution in [0, 0.1) is 5.92 Å². The Hall–Kier alpha value is -2.25. The number of carbonyl (C=O) groups is 2. The van der Waals surface area contributed by atoms with Gasteiger partial charge in [0.15, 0.2) is 0 Å². The number of alkyl halides is 3. The molecule has 0 radical (unpaired) electrons. The van der Waals surface area contributed by atoms with Crippen LogP contribution in [0.1, 0.15) is 18.1 Å². The first-order valence-electron chi connectivity index (χ1n) is 6.49. The van der Waals surface area contributed by atoms with Crippen LogP contribution < -0.4 is 5.32 Å². The lowest BCUT2D eigenvalue weighted by Crippen LogP contribution is -2.40. The highest BCUT2D eigenvalue weighted by atomic mass is 19.4. The van der Waals surface area contributed by atoms with E-state index in [2.05, 4.69) is 5.32 Å². The minimum atomic E-state index is -4.39. The number of urea groups is 1. The second-order valence-corrected chi connectivity index (χ2v) is 4.97. The summed E-state index contributed by atoms with van der Waals surface area (Å²) in [7, 11) is 1.45. The Labute approximate surface area is 125 Å². The fraction of sp³-hybridized carbons (Fsp3) is 0.429. The number of rotatable bonds is 5. The number of hydrogen-bond acceptors (Lipinski definition) is 2. The summed E-state index contributed by atoms with van der Waals surface area (Å²) in [6, 6.07) is 3.95. The number of aliphatic carboxylic acids is 1. The molecule has 0 aliphatic rings. The number of nitrogens with one attached hydrogen (secondary N) is 1. The number of benzene rings is 1. The number of carboxylic acid groups (broad SMARTS) is 1. The number of halogens is 3. The molecule has 1 aromatic carbocycles. The molecule has 0 heterocycles. The highest BCUT2D eigenvalue weighted by Crippen LogP contribution is 2.29. The van der Waals surface area contributed by atoms with Crippen molar-refractivity contribution in [1.82, 2.24) is 10.2 Å². The Kier molecular flexibility index (Phi) is 5.78. The fourth-order valence-corrected chi connectivity index (χ4v) is 1.70. The number of nitrogens with zero attached hydrogens (tertiary/aromatic N) is 1. The van der Waals surface area contributed by atoms with Gasteiger partial charge in [-0.15, -0.1) is 0 Å². The van der Waals surface area contributed by atoms with E-state index in [0.29, 0.717) is 5.56 Å². The molecule has 0 aromatic heterocycles. The molecule has 0 saturated carbocycles. The van der Waals surface area contributed by atoms with Crippen molar-refractivity contribution in [1.29, 1.82) is 0 Å². The van der Waals surface area contributed by atoms with Gasteiger partial charge in [-0.2, -0.15) is 13.2 Å². The molecule has 0 saturated heterocycles. The van der Waals surface area contributed by atoms with Gasteiger partial charge < -0.3 is 15.3 Å². The molecule has 2 amide bonds. The van der Waals surface area contributed by atoms with Gasteiger partial charge in [0.25, 0.3) is 0 Å². The van der Waals surface area contributed by atoms with Crippen LogP contribution in [0.4, 0.5) is 18.0 Å². The van der Waals surface area contributed by atoms with Gasteiger partial charge >= 0.3 is 18.2 Å². The molecular weight excluding hydrogens is 301 g/mol. The van der Waals surface area contributed by atoms with E-state index in [1.165, 1.54) is 31.0 Å². The van der Waals surface area contributed by atoms with Crippen molar-refractivity contribution in [2.45, 2.75) is 19.6 Å². The molecule has 1 aromatic rings. The van der Waals surface area contributed by atoms with E-state index in [-0.39, 0.29) is 13.1 Å². The monoisotopic (exact) mass is 318 g/mol. The van der Waals surface area contributed by atoms with Gasteiger partial charge in [0.1, 0.15) is 0 Å². The predicted molar refractivity (Wildman–Crippen MR) is 73.1 cm³/mol. The average molecular weight is 318 g/mol. The second kappa shape index (κ2) is 7.15. The van der Waals surface area contributed by atoms with Crippen LogP contribution >= 0.6 is 0 Å². The van der Waals surface area contributed by atoms with Crippen molar-refractivity contribution in [2.24, 2.45) is 5.92 Å². The van der Waals surface area contributed by atoms with Crippen molar-refractivity contribution < 1.29 is 27.9 Å². The lowest BCUT2D eigenvalue weighted by atomic mass is 10.1. The first-order chi connectivity index (χ1) is 10.1. The summed E-state index contributed by atoms with van der Waals surface area (Å²) in [5.41, 5.74) is -0.240. The van der Waals surface area contributed by atoms with Gasteiger partial charge in [0.2, 0.25) is 0 Å². The summed E-state index contributed by atoms with van der Waals surface area (Å²) in [5, 5.41) is 11.3. The van der Waals surface area contributed by atoms with E-state index >= 15 is 0 Å².